The first kappa shape index (κ1) is 16.1. The summed E-state index contributed by atoms with van der Waals surface area (Å²) in [6, 6.07) is 4.72. The van der Waals surface area contributed by atoms with E-state index >= 15 is 0 Å². The molecule has 2 atom stereocenters. The first-order valence-electron chi connectivity index (χ1n) is 7.27. The molecule has 1 amide bonds. The van der Waals surface area contributed by atoms with Gasteiger partial charge in [-0.2, -0.15) is 0 Å². The van der Waals surface area contributed by atoms with Crippen molar-refractivity contribution in [3.8, 4) is 11.5 Å². The number of rotatable bonds is 5. The molecule has 1 aliphatic heterocycles. The Labute approximate surface area is 129 Å². The van der Waals surface area contributed by atoms with Gasteiger partial charge in [-0.25, -0.2) is 0 Å². The summed E-state index contributed by atoms with van der Waals surface area (Å²) in [6.45, 7) is 2.31. The molecule has 1 saturated heterocycles. The van der Waals surface area contributed by atoms with Crippen LogP contribution < -0.4 is 9.47 Å². The topological polar surface area (TPSA) is 76.1 Å². The van der Waals surface area contributed by atoms with Gasteiger partial charge in [-0.1, -0.05) is 0 Å². The van der Waals surface area contributed by atoms with Crippen molar-refractivity contribution in [1.82, 2.24) is 4.90 Å². The van der Waals surface area contributed by atoms with E-state index in [4.69, 9.17) is 9.47 Å². The standard InChI is InChI=1S/C16H21NO5/c1-4-17-14(18)8-7-12(16(19)20)15(17)11-6-5-10(21-2)9-13(11)22-3/h5-6,9,12,15H,4,7-8H2,1-3H3,(H,19,20)/t12-,15+/m0/s1. The maximum Gasteiger partial charge on any atom is 0.308 e. The summed E-state index contributed by atoms with van der Waals surface area (Å²) in [5, 5.41) is 9.53. The Morgan fingerprint density at radius 1 is 1.36 bits per heavy atom. The number of nitrogens with zero attached hydrogens (tertiary/aromatic N) is 1. The number of ether oxygens (including phenoxy) is 2. The number of aliphatic carboxylic acids is 1. The Morgan fingerprint density at radius 3 is 2.64 bits per heavy atom. The highest BCUT2D eigenvalue weighted by molar-refractivity contribution is 5.82. The molecule has 0 unspecified atom stereocenters. The molecule has 1 aromatic carbocycles. The Balaban J connectivity index is 2.52. The number of carboxylic acid groups (broad SMARTS) is 1. The molecule has 1 aliphatic rings. The van der Waals surface area contributed by atoms with Crippen molar-refractivity contribution in [2.45, 2.75) is 25.8 Å². The van der Waals surface area contributed by atoms with E-state index in [0.717, 1.165) is 0 Å². The fraction of sp³-hybridized carbons (Fsp3) is 0.500. The minimum atomic E-state index is -0.895. The fourth-order valence-corrected chi connectivity index (χ4v) is 3.03. The first-order chi connectivity index (χ1) is 10.5. The van der Waals surface area contributed by atoms with Gasteiger partial charge in [-0.15, -0.1) is 0 Å². The Bertz CT molecular complexity index is 570. The van der Waals surface area contributed by atoms with E-state index in [1.54, 1.807) is 30.2 Å². The second kappa shape index (κ2) is 6.68. The summed E-state index contributed by atoms with van der Waals surface area (Å²) in [7, 11) is 3.08. The molecule has 120 valence electrons. The van der Waals surface area contributed by atoms with Gasteiger partial charge in [0.25, 0.3) is 0 Å². The predicted octanol–water partition coefficient (Wildman–Crippen LogP) is 2.09. The maximum absolute atomic E-state index is 12.2. The largest absolute Gasteiger partial charge is 0.497 e. The minimum Gasteiger partial charge on any atom is -0.497 e. The van der Waals surface area contributed by atoms with Gasteiger partial charge in [-0.05, 0) is 25.5 Å². The summed E-state index contributed by atoms with van der Waals surface area (Å²) in [4.78, 5) is 25.4. The maximum atomic E-state index is 12.2. The Morgan fingerprint density at radius 2 is 2.09 bits per heavy atom. The third-order valence-electron chi connectivity index (χ3n) is 4.12. The van der Waals surface area contributed by atoms with Crippen molar-refractivity contribution in [3.05, 3.63) is 23.8 Å². The van der Waals surface area contributed by atoms with Crippen LogP contribution in [-0.4, -0.2) is 42.6 Å². The lowest BCUT2D eigenvalue weighted by atomic mass is 9.84. The zero-order valence-electron chi connectivity index (χ0n) is 13.0. The molecule has 0 bridgehead atoms. The van der Waals surface area contributed by atoms with Crippen molar-refractivity contribution < 1.29 is 24.2 Å². The molecule has 1 N–H and O–H groups in total. The van der Waals surface area contributed by atoms with Crippen LogP contribution >= 0.6 is 0 Å². The van der Waals surface area contributed by atoms with Gasteiger partial charge in [0.1, 0.15) is 11.5 Å². The molecule has 6 nitrogen and oxygen atoms in total. The number of likely N-dealkylation sites (tertiary alicyclic amines) is 1. The number of piperidine rings is 1. The van der Waals surface area contributed by atoms with E-state index < -0.39 is 17.9 Å². The highest BCUT2D eigenvalue weighted by Gasteiger charge is 2.41. The van der Waals surface area contributed by atoms with Gasteiger partial charge in [-0.3, -0.25) is 9.59 Å². The van der Waals surface area contributed by atoms with Gasteiger partial charge < -0.3 is 19.5 Å². The van der Waals surface area contributed by atoms with Gasteiger partial charge >= 0.3 is 5.97 Å². The highest BCUT2D eigenvalue weighted by Crippen LogP contribution is 2.41. The third kappa shape index (κ3) is 2.86. The molecule has 1 fully saturated rings. The van der Waals surface area contributed by atoms with Crippen LogP contribution in [0.25, 0.3) is 0 Å². The van der Waals surface area contributed by atoms with Crippen LogP contribution in [-0.2, 0) is 9.59 Å². The summed E-state index contributed by atoms with van der Waals surface area (Å²) in [5.74, 6) is -0.405. The summed E-state index contributed by atoms with van der Waals surface area (Å²) >= 11 is 0. The molecule has 22 heavy (non-hydrogen) atoms. The van der Waals surface area contributed by atoms with E-state index in [1.165, 1.54) is 7.11 Å². The van der Waals surface area contributed by atoms with Crippen molar-refractivity contribution in [3.63, 3.8) is 0 Å². The third-order valence-corrected chi connectivity index (χ3v) is 4.12. The molecule has 0 saturated carbocycles. The van der Waals surface area contributed by atoms with E-state index in [2.05, 4.69) is 0 Å². The predicted molar refractivity (Wildman–Crippen MR) is 80.0 cm³/mol. The highest BCUT2D eigenvalue weighted by atomic mass is 16.5. The molecule has 0 spiro atoms. The number of methoxy groups -OCH3 is 2. The van der Waals surface area contributed by atoms with Gasteiger partial charge in [0.2, 0.25) is 5.91 Å². The van der Waals surface area contributed by atoms with Crippen LogP contribution in [0.4, 0.5) is 0 Å². The lowest BCUT2D eigenvalue weighted by Gasteiger charge is -2.39. The lowest BCUT2D eigenvalue weighted by molar-refractivity contribution is -0.151. The minimum absolute atomic E-state index is 0.0251. The average Bonchev–Trinajstić information content (AvgIpc) is 2.53. The van der Waals surface area contributed by atoms with Crippen LogP contribution in [0.2, 0.25) is 0 Å². The molecule has 2 rings (SSSR count). The summed E-state index contributed by atoms with van der Waals surface area (Å²) in [6.07, 6.45) is 0.601. The quantitative estimate of drug-likeness (QED) is 0.901. The number of amides is 1. The molecule has 0 aliphatic carbocycles. The van der Waals surface area contributed by atoms with Crippen LogP contribution in [0, 0.1) is 5.92 Å². The zero-order chi connectivity index (χ0) is 16.3. The monoisotopic (exact) mass is 307 g/mol. The molecule has 0 aromatic heterocycles. The second-order valence-corrected chi connectivity index (χ2v) is 5.22. The molecule has 0 radical (unpaired) electrons. The number of hydrogen-bond acceptors (Lipinski definition) is 4. The van der Waals surface area contributed by atoms with Crippen LogP contribution in [0.1, 0.15) is 31.4 Å². The average molecular weight is 307 g/mol. The number of carbonyl (C=O) groups excluding carboxylic acids is 1. The normalized spacial score (nSPS) is 21.6. The van der Waals surface area contributed by atoms with Gasteiger partial charge in [0, 0.05) is 24.6 Å². The van der Waals surface area contributed by atoms with E-state index in [-0.39, 0.29) is 12.3 Å². The van der Waals surface area contributed by atoms with Crippen molar-refractivity contribution in [2.24, 2.45) is 5.92 Å². The molecule has 1 aromatic rings. The van der Waals surface area contributed by atoms with Crippen LogP contribution in [0.5, 0.6) is 11.5 Å². The van der Waals surface area contributed by atoms with Crippen LogP contribution in [0.15, 0.2) is 18.2 Å². The first-order valence-corrected chi connectivity index (χ1v) is 7.27. The summed E-state index contributed by atoms with van der Waals surface area (Å²) in [5.41, 5.74) is 0.700. The van der Waals surface area contributed by atoms with Crippen molar-refractivity contribution in [1.29, 1.82) is 0 Å². The lowest BCUT2D eigenvalue weighted by Crippen LogP contribution is -2.45. The Kier molecular flexibility index (Phi) is 4.90. The number of hydrogen-bond donors (Lipinski definition) is 1. The number of carboxylic acids is 1. The molecular formula is C16H21NO5. The molecular weight excluding hydrogens is 286 g/mol. The van der Waals surface area contributed by atoms with Crippen molar-refractivity contribution in [2.75, 3.05) is 20.8 Å². The second-order valence-electron chi connectivity index (χ2n) is 5.22. The number of benzene rings is 1. The van der Waals surface area contributed by atoms with Crippen LogP contribution in [0.3, 0.4) is 0 Å². The molecule has 6 heteroatoms. The molecule has 1 heterocycles. The summed E-state index contributed by atoms with van der Waals surface area (Å²) < 4.78 is 10.6. The zero-order valence-corrected chi connectivity index (χ0v) is 13.0. The van der Waals surface area contributed by atoms with E-state index in [0.29, 0.717) is 30.0 Å². The van der Waals surface area contributed by atoms with E-state index in [9.17, 15) is 14.7 Å². The SMILES string of the molecule is CCN1C(=O)CC[C@H](C(=O)O)[C@H]1c1ccc(OC)cc1OC. The van der Waals surface area contributed by atoms with E-state index in [1.807, 2.05) is 6.92 Å². The smallest absolute Gasteiger partial charge is 0.308 e. The van der Waals surface area contributed by atoms with Crippen molar-refractivity contribution >= 4 is 11.9 Å². The fourth-order valence-electron chi connectivity index (χ4n) is 3.03. The Hall–Kier alpha value is -2.24. The number of carbonyl (C=O) groups is 2. The van der Waals surface area contributed by atoms with Gasteiger partial charge in [0.05, 0.1) is 26.2 Å². The van der Waals surface area contributed by atoms with Gasteiger partial charge in [0.15, 0.2) is 0 Å².